The summed E-state index contributed by atoms with van der Waals surface area (Å²) in [6, 6.07) is 45.5. The molecule has 0 saturated carbocycles. The highest BCUT2D eigenvalue weighted by molar-refractivity contribution is 6.28. The molecule has 10 aromatic rings. The Balaban J connectivity index is 0.000000189. The molecule has 0 fully saturated rings. The van der Waals surface area contributed by atoms with Gasteiger partial charge in [-0.1, -0.05) is 84.9 Å². The third kappa shape index (κ3) is 11.2. The first-order chi connectivity index (χ1) is 42.2. The topological polar surface area (TPSA) is 185 Å². The first-order valence-corrected chi connectivity index (χ1v) is 27.4. The summed E-state index contributed by atoms with van der Waals surface area (Å²) in [5.41, 5.74) is 6.76. The van der Waals surface area contributed by atoms with Crippen LogP contribution < -0.4 is 33.2 Å². The lowest BCUT2D eigenvalue weighted by Crippen LogP contribution is -2.29. The monoisotopic (exact) mass is 1170 g/mol. The molecule has 438 valence electrons. The van der Waals surface area contributed by atoms with Crippen LogP contribution in [0.3, 0.4) is 0 Å². The zero-order chi connectivity index (χ0) is 61.0. The number of hydrogen-bond acceptors (Lipinski definition) is 14. The molecular weight excluding hydrogens is 1110 g/mol. The first-order valence-electron chi connectivity index (χ1n) is 27.4. The van der Waals surface area contributed by atoms with E-state index in [1.165, 1.54) is 64.7 Å². The molecule has 0 bridgehead atoms. The van der Waals surface area contributed by atoms with Crippen LogP contribution in [0.1, 0.15) is 92.0 Å². The molecule has 2 aromatic heterocycles. The summed E-state index contributed by atoms with van der Waals surface area (Å²) in [6.45, 7) is -0.149. The van der Waals surface area contributed by atoms with Gasteiger partial charge in [0.2, 0.25) is 0 Å². The normalized spacial score (nSPS) is 12.5. The van der Waals surface area contributed by atoms with Crippen molar-refractivity contribution in [1.29, 1.82) is 0 Å². The molecule has 18 heteroatoms. The summed E-state index contributed by atoms with van der Waals surface area (Å²) in [6.07, 6.45) is 3.52. The van der Waals surface area contributed by atoms with Crippen molar-refractivity contribution in [2.24, 2.45) is 0 Å². The smallest absolute Gasteiger partial charge is 0.265 e. The SMILES string of the molecule is COc1ccc(CN2C(=O)c3c(c(OC)c4ncc(Cc5ccc(F)cc5)cc4c3O)C2=O)c(OC)c1.COc1ccc(CN2C(=O)c3c(c(OC)c4ncc(Cc5ccc(F)cc5)cc4c3OC(c3ccccc3)c3ccccc3)C2=O)c(OC)c1. The molecule has 16 nitrogen and oxygen atoms in total. The number of amides is 4. The molecule has 4 amide bonds. The van der Waals surface area contributed by atoms with Gasteiger partial charge in [0.1, 0.15) is 74.4 Å². The van der Waals surface area contributed by atoms with Crippen LogP contribution in [-0.4, -0.2) is 91.2 Å². The summed E-state index contributed by atoms with van der Waals surface area (Å²) in [5.74, 6) is -0.793. The van der Waals surface area contributed by atoms with E-state index in [9.17, 15) is 33.1 Å². The third-order valence-corrected chi connectivity index (χ3v) is 15.2. The van der Waals surface area contributed by atoms with E-state index in [4.69, 9.17) is 38.1 Å². The number of phenolic OH excluding ortho intramolecular Hbond substituents is 1. The average Bonchev–Trinajstić information content (AvgIpc) is 1.74. The highest BCUT2D eigenvalue weighted by Crippen LogP contribution is 2.48. The molecule has 1 N–H and O–H groups in total. The van der Waals surface area contributed by atoms with Gasteiger partial charge in [-0.15, -0.1) is 0 Å². The molecule has 0 radical (unpaired) electrons. The summed E-state index contributed by atoms with van der Waals surface area (Å²) >= 11 is 0. The number of carbonyl (C=O) groups excluding carboxylic acids is 4. The van der Waals surface area contributed by atoms with E-state index in [-0.39, 0.29) is 80.9 Å². The highest BCUT2D eigenvalue weighted by atomic mass is 19.1. The Kier molecular flexibility index (Phi) is 16.5. The Morgan fingerprint density at radius 2 is 0.839 bits per heavy atom. The van der Waals surface area contributed by atoms with Crippen LogP contribution in [0.2, 0.25) is 0 Å². The molecule has 0 saturated heterocycles. The largest absolute Gasteiger partial charge is 0.506 e. The number of fused-ring (bicyclic) bond motifs is 4. The number of rotatable bonds is 18. The number of methoxy groups -OCH3 is 6. The molecule has 0 unspecified atom stereocenters. The van der Waals surface area contributed by atoms with E-state index < -0.39 is 29.7 Å². The van der Waals surface area contributed by atoms with Gasteiger partial charge in [0.15, 0.2) is 11.5 Å². The van der Waals surface area contributed by atoms with E-state index >= 15 is 0 Å². The number of carbonyl (C=O) groups is 4. The van der Waals surface area contributed by atoms with Crippen molar-refractivity contribution in [3.05, 3.63) is 249 Å². The van der Waals surface area contributed by atoms with Crippen molar-refractivity contribution in [3.8, 4) is 46.0 Å². The Morgan fingerprint density at radius 3 is 1.26 bits per heavy atom. The van der Waals surface area contributed by atoms with Gasteiger partial charge < -0.3 is 38.3 Å². The minimum atomic E-state index is -0.653. The van der Waals surface area contributed by atoms with Gasteiger partial charge >= 0.3 is 0 Å². The van der Waals surface area contributed by atoms with Crippen molar-refractivity contribution in [2.45, 2.75) is 32.0 Å². The van der Waals surface area contributed by atoms with Crippen molar-refractivity contribution in [3.63, 3.8) is 0 Å². The number of halogens is 2. The number of phenols is 1. The van der Waals surface area contributed by atoms with Gasteiger partial charge in [-0.05, 0) is 107 Å². The molecule has 2 aliphatic heterocycles. The molecule has 0 spiro atoms. The summed E-state index contributed by atoms with van der Waals surface area (Å²) in [7, 11) is 8.91. The number of pyridine rings is 2. The van der Waals surface area contributed by atoms with Gasteiger partial charge in [0.05, 0.1) is 66.9 Å². The molecule has 0 atom stereocenters. The van der Waals surface area contributed by atoms with Crippen molar-refractivity contribution in [2.75, 3.05) is 42.7 Å². The molecule has 8 aromatic carbocycles. The fraction of sp³-hybridized carbons (Fsp3) is 0.159. The van der Waals surface area contributed by atoms with Crippen LogP contribution in [0.4, 0.5) is 8.78 Å². The van der Waals surface area contributed by atoms with Gasteiger partial charge in [-0.3, -0.25) is 38.9 Å². The third-order valence-electron chi connectivity index (χ3n) is 15.2. The number of benzene rings is 8. The van der Waals surface area contributed by atoms with E-state index in [2.05, 4.69) is 4.98 Å². The van der Waals surface area contributed by atoms with Crippen LogP contribution in [0.25, 0.3) is 21.8 Å². The van der Waals surface area contributed by atoms with E-state index in [0.29, 0.717) is 57.9 Å². The predicted octanol–water partition coefficient (Wildman–Crippen LogP) is 12.4. The zero-order valence-corrected chi connectivity index (χ0v) is 48.1. The summed E-state index contributed by atoms with van der Waals surface area (Å²) in [5, 5.41) is 12.0. The molecule has 2 aliphatic rings. The molecule has 12 rings (SSSR count). The van der Waals surface area contributed by atoms with Gasteiger partial charge in [-0.2, -0.15) is 0 Å². The lowest BCUT2D eigenvalue weighted by Gasteiger charge is -2.23. The number of nitrogens with zero attached hydrogens (tertiary/aromatic N) is 4. The zero-order valence-electron chi connectivity index (χ0n) is 48.1. The number of aromatic nitrogens is 2. The Labute approximate surface area is 498 Å². The van der Waals surface area contributed by atoms with Crippen LogP contribution >= 0.6 is 0 Å². The number of ether oxygens (including phenoxy) is 7. The predicted molar refractivity (Wildman–Crippen MR) is 320 cm³/mol. The highest BCUT2D eigenvalue weighted by Gasteiger charge is 2.45. The molecule has 4 heterocycles. The second-order valence-corrected chi connectivity index (χ2v) is 20.4. The second-order valence-electron chi connectivity index (χ2n) is 20.4. The van der Waals surface area contributed by atoms with Gasteiger partial charge in [-0.25, -0.2) is 8.78 Å². The lowest BCUT2D eigenvalue weighted by atomic mass is 9.97. The van der Waals surface area contributed by atoms with Crippen molar-refractivity contribution in [1.82, 2.24) is 19.8 Å². The van der Waals surface area contributed by atoms with Gasteiger partial charge in [0, 0.05) is 46.4 Å². The number of aromatic hydroxyl groups is 1. The number of imide groups is 2. The Hall–Kier alpha value is -10.9. The maximum atomic E-state index is 14.6. The lowest BCUT2D eigenvalue weighted by molar-refractivity contribution is 0.0623. The van der Waals surface area contributed by atoms with Crippen LogP contribution in [0.5, 0.6) is 46.0 Å². The standard InChI is InChI=1S/C41H33FN2O6.C28H23FN2O6/c1-47-31-19-16-29(33(22-31)48-2)24-44-40(45)34-35(41(44)46)39(49-3)36-32(21-26(23-43-36)20-25-14-17-30(42)18-15-25)38(34)50-37(27-10-6-4-7-11-27)28-12-8-5-9-13-28;1-35-19-9-6-17(21(12-19)36-2)14-31-27(33)22-23(28(31)34)26(37-3)24-20(25(22)32)11-16(13-30-24)10-15-4-7-18(29)8-5-15/h4-19,21-23,37H,20,24H2,1-3H3;4-9,11-13,32H,10,14H2,1-3H3. The average molecular weight is 1170 g/mol. The maximum Gasteiger partial charge on any atom is 0.265 e. The fourth-order valence-electron chi connectivity index (χ4n) is 10.9. The molecule has 0 aliphatic carbocycles. The second kappa shape index (κ2) is 24.8. The van der Waals surface area contributed by atoms with E-state index in [1.54, 1.807) is 86.2 Å². The molecular formula is C69H56F2N4O12. The van der Waals surface area contributed by atoms with Crippen LogP contribution in [0.15, 0.2) is 170 Å². The minimum Gasteiger partial charge on any atom is -0.506 e. The first kappa shape index (κ1) is 57.9. The van der Waals surface area contributed by atoms with E-state index in [1.807, 2.05) is 66.7 Å². The quantitative estimate of drug-likeness (QED) is 0.0800. The minimum absolute atomic E-state index is 0.0382. The van der Waals surface area contributed by atoms with Crippen molar-refractivity contribution >= 4 is 45.4 Å². The van der Waals surface area contributed by atoms with E-state index in [0.717, 1.165) is 38.3 Å². The van der Waals surface area contributed by atoms with Crippen molar-refractivity contribution < 1.29 is 66.2 Å². The maximum absolute atomic E-state index is 14.6. The molecule has 87 heavy (non-hydrogen) atoms. The summed E-state index contributed by atoms with van der Waals surface area (Å²) < 4.78 is 66.9. The Bertz CT molecular complexity index is 4260. The summed E-state index contributed by atoms with van der Waals surface area (Å²) in [4.78, 5) is 67.2. The van der Waals surface area contributed by atoms with Gasteiger partial charge in [0.25, 0.3) is 23.6 Å². The van der Waals surface area contributed by atoms with Crippen LogP contribution in [-0.2, 0) is 25.9 Å². The van der Waals surface area contributed by atoms with Crippen LogP contribution in [0, 0.1) is 11.6 Å². The fourth-order valence-corrected chi connectivity index (χ4v) is 10.9. The Morgan fingerprint density at radius 1 is 0.437 bits per heavy atom. The number of hydrogen-bond donors (Lipinski definition) is 1.